The molecule has 1 aliphatic heterocycles. The molecule has 3 heterocycles. The zero-order valence-electron chi connectivity index (χ0n) is 15.1. The van der Waals surface area contributed by atoms with Crippen LogP contribution in [0.5, 0.6) is 0 Å². The first-order chi connectivity index (χ1) is 12.5. The molecule has 7 heteroatoms. The molecule has 0 bridgehead atoms. The fourth-order valence-electron chi connectivity index (χ4n) is 3.82. The monoisotopic (exact) mass is 351 g/mol. The topological polar surface area (TPSA) is 73.0 Å². The third-order valence-electron chi connectivity index (χ3n) is 5.07. The molecular weight excluding hydrogens is 330 g/mol. The van der Waals surface area contributed by atoms with E-state index in [9.17, 15) is 9.59 Å². The summed E-state index contributed by atoms with van der Waals surface area (Å²) in [6.45, 7) is 6.91. The van der Waals surface area contributed by atoms with Gasteiger partial charge in [-0.3, -0.25) is 14.2 Å². The Kier molecular flexibility index (Phi) is 3.86. The molecule has 4 rings (SSSR count). The summed E-state index contributed by atoms with van der Waals surface area (Å²) in [5.41, 5.74) is 1.55. The molecule has 0 aliphatic carbocycles. The van der Waals surface area contributed by atoms with Crippen molar-refractivity contribution >= 4 is 16.8 Å². The Labute approximate surface area is 150 Å². The van der Waals surface area contributed by atoms with Crippen LogP contribution >= 0.6 is 0 Å². The Balaban J connectivity index is 1.66. The number of hydrogen-bond donors (Lipinski definition) is 0. The highest BCUT2D eigenvalue weighted by Crippen LogP contribution is 2.22. The van der Waals surface area contributed by atoms with Crippen molar-refractivity contribution in [3.8, 4) is 0 Å². The van der Waals surface area contributed by atoms with Crippen LogP contribution in [0.4, 0.5) is 0 Å². The summed E-state index contributed by atoms with van der Waals surface area (Å²) in [6, 6.07) is 9.39. The number of rotatable bonds is 2. The molecule has 0 N–H and O–H groups in total. The molecule has 2 aromatic heterocycles. The van der Waals surface area contributed by atoms with E-state index in [2.05, 4.69) is 14.8 Å². The van der Waals surface area contributed by atoms with Crippen molar-refractivity contribution in [1.82, 2.24) is 24.2 Å². The average Bonchev–Trinajstić information content (AvgIpc) is 3.00. The molecule has 0 spiro atoms. The van der Waals surface area contributed by atoms with Gasteiger partial charge in [-0.05, 0) is 32.4 Å². The summed E-state index contributed by atoms with van der Waals surface area (Å²) in [5.74, 6) is 1.57. The van der Waals surface area contributed by atoms with Gasteiger partial charge in [0.2, 0.25) is 5.91 Å². The van der Waals surface area contributed by atoms with Crippen LogP contribution in [0, 0.1) is 13.8 Å². The van der Waals surface area contributed by atoms with E-state index >= 15 is 0 Å². The van der Waals surface area contributed by atoms with Gasteiger partial charge in [-0.15, -0.1) is 10.2 Å². The van der Waals surface area contributed by atoms with E-state index in [1.807, 2.05) is 45.0 Å². The fourth-order valence-corrected chi connectivity index (χ4v) is 3.82. The largest absolute Gasteiger partial charge is 0.332 e. The fraction of sp³-hybridized carbons (Fsp3) is 0.368. The summed E-state index contributed by atoms with van der Waals surface area (Å²) in [5, 5.41) is 9.28. The number of para-hydroxylation sites is 1. The normalized spacial score (nSPS) is 16.7. The van der Waals surface area contributed by atoms with Gasteiger partial charge in [0.25, 0.3) is 5.56 Å². The van der Waals surface area contributed by atoms with Crippen molar-refractivity contribution in [3.05, 3.63) is 57.9 Å². The van der Waals surface area contributed by atoms with Crippen molar-refractivity contribution in [2.75, 3.05) is 6.54 Å². The second-order valence-electron chi connectivity index (χ2n) is 6.93. The third kappa shape index (κ3) is 2.60. The van der Waals surface area contributed by atoms with Gasteiger partial charge in [-0.2, -0.15) is 0 Å². The van der Waals surface area contributed by atoms with Crippen LogP contribution < -0.4 is 5.56 Å². The summed E-state index contributed by atoms with van der Waals surface area (Å²) in [7, 11) is 0. The highest BCUT2D eigenvalue weighted by Gasteiger charge is 2.28. The van der Waals surface area contributed by atoms with Crippen molar-refractivity contribution in [2.45, 2.75) is 39.9 Å². The van der Waals surface area contributed by atoms with Crippen LogP contribution in [0.25, 0.3) is 10.9 Å². The van der Waals surface area contributed by atoms with E-state index in [0.29, 0.717) is 13.1 Å². The summed E-state index contributed by atoms with van der Waals surface area (Å²) < 4.78 is 3.62. The van der Waals surface area contributed by atoms with Gasteiger partial charge >= 0.3 is 0 Å². The van der Waals surface area contributed by atoms with Crippen molar-refractivity contribution in [1.29, 1.82) is 0 Å². The molecule has 1 unspecified atom stereocenters. The summed E-state index contributed by atoms with van der Waals surface area (Å²) in [6.07, 6.45) is 0. The molecule has 134 valence electrons. The average molecular weight is 351 g/mol. The lowest BCUT2D eigenvalue weighted by molar-refractivity contribution is -0.133. The maximum absolute atomic E-state index is 12.9. The predicted molar refractivity (Wildman–Crippen MR) is 97.8 cm³/mol. The number of amides is 1. The molecule has 0 saturated heterocycles. The maximum Gasteiger partial charge on any atom is 0.251 e. The van der Waals surface area contributed by atoms with Crippen LogP contribution in [-0.4, -0.2) is 36.7 Å². The number of pyridine rings is 1. The number of hydrogen-bond acceptors (Lipinski definition) is 4. The van der Waals surface area contributed by atoms with Crippen LogP contribution in [0.1, 0.15) is 30.2 Å². The zero-order chi connectivity index (χ0) is 18.4. The molecule has 1 aromatic carbocycles. The smallest absolute Gasteiger partial charge is 0.251 e. The molecule has 0 radical (unpaired) electrons. The predicted octanol–water partition coefficient (Wildman–Crippen LogP) is 1.81. The molecule has 7 nitrogen and oxygen atoms in total. The number of aryl methyl sites for hydroxylation is 2. The molecule has 1 atom stereocenters. The van der Waals surface area contributed by atoms with Crippen LogP contribution in [0.3, 0.4) is 0 Å². The van der Waals surface area contributed by atoms with Crippen molar-refractivity contribution in [3.63, 3.8) is 0 Å². The molecule has 0 fully saturated rings. The van der Waals surface area contributed by atoms with Gasteiger partial charge in [0, 0.05) is 18.0 Å². The van der Waals surface area contributed by atoms with E-state index in [4.69, 9.17) is 0 Å². The second-order valence-corrected chi connectivity index (χ2v) is 6.93. The number of carbonyl (C=O) groups is 1. The third-order valence-corrected chi connectivity index (χ3v) is 5.07. The van der Waals surface area contributed by atoms with E-state index < -0.39 is 0 Å². The SMILES string of the molecule is Cc1cc(=O)n(CC(=O)N2Cc3nnc(C)n3C(C)C2)c2ccccc12. The Hall–Kier alpha value is -2.96. The van der Waals surface area contributed by atoms with E-state index in [1.165, 1.54) is 0 Å². The lowest BCUT2D eigenvalue weighted by Crippen LogP contribution is -2.43. The van der Waals surface area contributed by atoms with Crippen LogP contribution in [-0.2, 0) is 17.9 Å². The highest BCUT2D eigenvalue weighted by molar-refractivity contribution is 5.84. The van der Waals surface area contributed by atoms with Crippen molar-refractivity contribution in [2.24, 2.45) is 0 Å². The van der Waals surface area contributed by atoms with E-state index in [-0.39, 0.29) is 24.1 Å². The number of benzene rings is 1. The number of aromatic nitrogens is 4. The van der Waals surface area contributed by atoms with Crippen LogP contribution in [0.15, 0.2) is 35.1 Å². The molecule has 1 aliphatic rings. The number of carbonyl (C=O) groups excluding carboxylic acids is 1. The first kappa shape index (κ1) is 16.5. The Morgan fingerprint density at radius 2 is 2.00 bits per heavy atom. The summed E-state index contributed by atoms with van der Waals surface area (Å²) in [4.78, 5) is 27.2. The van der Waals surface area contributed by atoms with Gasteiger partial charge in [-0.1, -0.05) is 18.2 Å². The van der Waals surface area contributed by atoms with Gasteiger partial charge in [0.05, 0.1) is 18.1 Å². The number of fused-ring (bicyclic) bond motifs is 2. The zero-order valence-corrected chi connectivity index (χ0v) is 15.1. The summed E-state index contributed by atoms with van der Waals surface area (Å²) >= 11 is 0. The molecule has 1 amide bonds. The minimum absolute atomic E-state index is 0.0272. The lowest BCUT2D eigenvalue weighted by atomic mass is 10.1. The minimum Gasteiger partial charge on any atom is -0.332 e. The van der Waals surface area contributed by atoms with E-state index in [0.717, 1.165) is 28.1 Å². The van der Waals surface area contributed by atoms with Gasteiger partial charge < -0.3 is 9.47 Å². The lowest BCUT2D eigenvalue weighted by Gasteiger charge is -2.32. The highest BCUT2D eigenvalue weighted by atomic mass is 16.2. The standard InChI is InChI=1S/C19H21N5O2/c1-12-8-18(25)23(16-7-5-4-6-15(12)16)11-19(26)22-9-13(2)24-14(3)20-21-17(24)10-22/h4-8,13H,9-11H2,1-3H3. The van der Waals surface area contributed by atoms with Crippen LogP contribution in [0.2, 0.25) is 0 Å². The van der Waals surface area contributed by atoms with Gasteiger partial charge in [-0.25, -0.2) is 0 Å². The second kappa shape index (κ2) is 6.09. The molecule has 3 aromatic rings. The van der Waals surface area contributed by atoms with Gasteiger partial charge in [0.15, 0.2) is 5.82 Å². The Morgan fingerprint density at radius 1 is 1.23 bits per heavy atom. The molecule has 26 heavy (non-hydrogen) atoms. The Morgan fingerprint density at radius 3 is 2.81 bits per heavy atom. The Bertz CT molecular complexity index is 1070. The first-order valence-electron chi connectivity index (χ1n) is 8.73. The quantitative estimate of drug-likeness (QED) is 0.706. The molecule has 0 saturated carbocycles. The maximum atomic E-state index is 12.9. The first-order valence-corrected chi connectivity index (χ1v) is 8.73. The minimum atomic E-state index is -0.154. The number of nitrogens with zero attached hydrogens (tertiary/aromatic N) is 5. The molecular formula is C19H21N5O2. The van der Waals surface area contributed by atoms with Gasteiger partial charge in [0.1, 0.15) is 12.4 Å². The van der Waals surface area contributed by atoms with E-state index in [1.54, 1.807) is 15.5 Å². The van der Waals surface area contributed by atoms with Crippen molar-refractivity contribution < 1.29 is 4.79 Å².